The zero-order valence-electron chi connectivity index (χ0n) is 18.0. The summed E-state index contributed by atoms with van der Waals surface area (Å²) in [5.41, 5.74) is 3.03. The molecule has 1 aliphatic carbocycles. The maximum Gasteiger partial charge on any atom is 0.257 e. The quantitative estimate of drug-likeness (QED) is 0.614. The van der Waals surface area contributed by atoms with Crippen molar-refractivity contribution in [1.29, 1.82) is 0 Å². The van der Waals surface area contributed by atoms with E-state index in [-0.39, 0.29) is 17.7 Å². The van der Waals surface area contributed by atoms with Crippen LogP contribution in [0.15, 0.2) is 30.6 Å². The topological polar surface area (TPSA) is 114 Å². The highest BCUT2D eigenvalue weighted by molar-refractivity contribution is 6.05. The van der Waals surface area contributed by atoms with Crippen LogP contribution in [-0.2, 0) is 18.4 Å². The van der Waals surface area contributed by atoms with Crippen molar-refractivity contribution >= 4 is 29.0 Å². The Morgan fingerprint density at radius 3 is 2.72 bits per heavy atom. The number of pyridine rings is 1. The Hall–Kier alpha value is -3.95. The average Bonchev–Trinajstić information content (AvgIpc) is 3.47. The predicted octanol–water partition coefficient (Wildman–Crippen LogP) is 2.56. The van der Waals surface area contributed by atoms with Gasteiger partial charge in [-0.1, -0.05) is 6.07 Å². The molecule has 164 valence electrons. The Morgan fingerprint density at radius 2 is 2.03 bits per heavy atom. The second-order valence-corrected chi connectivity index (χ2v) is 8.05. The van der Waals surface area contributed by atoms with Crippen LogP contribution in [0, 0.1) is 5.92 Å². The fourth-order valence-corrected chi connectivity index (χ4v) is 3.81. The lowest BCUT2D eigenvalue weighted by atomic mass is 10.1. The number of methoxy groups -OCH3 is 1. The third-order valence-electron chi connectivity index (χ3n) is 5.57. The normalized spacial score (nSPS) is 15.0. The van der Waals surface area contributed by atoms with E-state index < -0.39 is 0 Å². The number of aromatic nitrogens is 4. The number of hydrogen-bond donors (Lipinski definition) is 2. The average molecular weight is 433 g/mol. The lowest BCUT2D eigenvalue weighted by molar-refractivity contribution is -0.117. The van der Waals surface area contributed by atoms with Gasteiger partial charge in [0.1, 0.15) is 12.1 Å². The minimum atomic E-state index is -0.128. The van der Waals surface area contributed by atoms with Crippen molar-refractivity contribution in [3.05, 3.63) is 41.9 Å². The van der Waals surface area contributed by atoms with Gasteiger partial charge in [-0.05, 0) is 25.0 Å². The van der Waals surface area contributed by atoms with Crippen LogP contribution in [0.4, 0.5) is 17.2 Å². The highest BCUT2D eigenvalue weighted by Gasteiger charge is 2.33. The molecule has 3 heterocycles. The molecule has 2 aromatic heterocycles. The fourth-order valence-electron chi connectivity index (χ4n) is 3.81. The van der Waals surface area contributed by atoms with Crippen LogP contribution >= 0.6 is 0 Å². The highest BCUT2D eigenvalue weighted by atomic mass is 16.5. The molecule has 1 saturated carbocycles. The minimum Gasteiger partial charge on any atom is -0.494 e. The van der Waals surface area contributed by atoms with Gasteiger partial charge in [-0.25, -0.2) is 9.97 Å². The number of carbonyl (C=O) groups excluding carboxylic acids is 2. The van der Waals surface area contributed by atoms with Crippen molar-refractivity contribution in [3.8, 4) is 17.1 Å². The maximum absolute atomic E-state index is 12.8. The van der Waals surface area contributed by atoms with E-state index >= 15 is 0 Å². The van der Waals surface area contributed by atoms with E-state index in [1.807, 2.05) is 18.2 Å². The summed E-state index contributed by atoms with van der Waals surface area (Å²) < 4.78 is 7.30. The van der Waals surface area contributed by atoms with E-state index in [1.54, 1.807) is 43.2 Å². The lowest BCUT2D eigenvalue weighted by Crippen LogP contribution is -2.18. The number of aryl methyl sites for hydroxylation is 1. The molecule has 5 rings (SSSR count). The van der Waals surface area contributed by atoms with Crippen molar-refractivity contribution in [3.63, 3.8) is 0 Å². The Balaban J connectivity index is 1.55. The number of nitrogens with one attached hydrogen (secondary N) is 2. The van der Waals surface area contributed by atoms with Crippen LogP contribution in [-0.4, -0.2) is 50.6 Å². The van der Waals surface area contributed by atoms with Crippen molar-refractivity contribution in [2.24, 2.45) is 13.0 Å². The Labute approximate surface area is 184 Å². The monoisotopic (exact) mass is 433 g/mol. The predicted molar refractivity (Wildman–Crippen MR) is 118 cm³/mol. The Bertz CT molecular complexity index is 1230. The van der Waals surface area contributed by atoms with Gasteiger partial charge in [0.2, 0.25) is 5.91 Å². The molecule has 2 N–H and O–H groups in total. The molecule has 1 aliphatic heterocycles. The molecule has 1 aromatic carbocycles. The summed E-state index contributed by atoms with van der Waals surface area (Å²) in [7, 11) is 5.10. The van der Waals surface area contributed by atoms with E-state index in [0.29, 0.717) is 46.6 Å². The number of benzene rings is 1. The molecule has 0 radical (unpaired) electrons. The van der Waals surface area contributed by atoms with E-state index in [2.05, 4.69) is 25.7 Å². The molecule has 2 aliphatic rings. The SMILES string of the molecule is COc1c(Nc2cc(NC(=O)C3CC3)nc3c2C(=O)N(C)C3)cccc1-c1ncn(C)n1. The van der Waals surface area contributed by atoms with Crippen LogP contribution in [0.5, 0.6) is 5.75 Å². The smallest absolute Gasteiger partial charge is 0.257 e. The maximum atomic E-state index is 12.8. The number of nitrogens with zero attached hydrogens (tertiary/aromatic N) is 5. The molecule has 32 heavy (non-hydrogen) atoms. The molecule has 0 saturated heterocycles. The summed E-state index contributed by atoms with van der Waals surface area (Å²) in [5, 5.41) is 10.6. The molecule has 0 spiro atoms. The van der Waals surface area contributed by atoms with E-state index in [0.717, 1.165) is 18.4 Å². The first-order valence-electron chi connectivity index (χ1n) is 10.3. The first kappa shape index (κ1) is 20.0. The van der Waals surface area contributed by atoms with Gasteiger partial charge in [-0.15, -0.1) is 0 Å². The number of hydrogen-bond acceptors (Lipinski definition) is 7. The third-order valence-corrected chi connectivity index (χ3v) is 5.57. The first-order valence-corrected chi connectivity index (χ1v) is 10.3. The fraction of sp³-hybridized carbons (Fsp3) is 0.318. The lowest BCUT2D eigenvalue weighted by Gasteiger charge is -2.16. The second kappa shape index (κ2) is 7.63. The molecule has 0 bridgehead atoms. The van der Waals surface area contributed by atoms with Crippen molar-refractivity contribution in [1.82, 2.24) is 24.6 Å². The number of rotatable bonds is 6. The standard InChI is InChI=1S/C22H23N7O3/c1-28-10-16-18(22(28)31)15(9-17(25-16)26-21(30)12-7-8-12)24-14-6-4-5-13(19(14)32-3)20-23-11-29(2)27-20/h4-6,9,11-12H,7-8,10H2,1-3H3,(H2,24,25,26,30). The molecule has 1 fully saturated rings. The number of fused-ring (bicyclic) bond motifs is 1. The van der Waals surface area contributed by atoms with Gasteiger partial charge in [0.15, 0.2) is 11.6 Å². The number of para-hydroxylation sites is 1. The van der Waals surface area contributed by atoms with Crippen LogP contribution in [0.1, 0.15) is 28.9 Å². The zero-order valence-corrected chi connectivity index (χ0v) is 18.0. The van der Waals surface area contributed by atoms with E-state index in [9.17, 15) is 9.59 Å². The number of amides is 2. The molecular weight excluding hydrogens is 410 g/mol. The summed E-state index contributed by atoms with van der Waals surface area (Å²) in [6.45, 7) is 0.380. The van der Waals surface area contributed by atoms with E-state index in [4.69, 9.17) is 4.74 Å². The molecule has 0 unspecified atom stereocenters. The van der Waals surface area contributed by atoms with Crippen LogP contribution in [0.2, 0.25) is 0 Å². The molecule has 3 aromatic rings. The summed E-state index contributed by atoms with van der Waals surface area (Å²) in [4.78, 5) is 35.5. The van der Waals surface area contributed by atoms with Crippen molar-refractivity contribution in [2.75, 3.05) is 24.8 Å². The second-order valence-electron chi connectivity index (χ2n) is 8.05. The van der Waals surface area contributed by atoms with Gasteiger partial charge in [0.25, 0.3) is 5.91 Å². The summed E-state index contributed by atoms with van der Waals surface area (Å²) in [5.74, 6) is 1.38. The van der Waals surface area contributed by atoms with Crippen LogP contribution in [0.3, 0.4) is 0 Å². The molecule has 2 amide bonds. The zero-order chi connectivity index (χ0) is 22.4. The van der Waals surface area contributed by atoms with Crippen molar-refractivity contribution < 1.29 is 14.3 Å². The largest absolute Gasteiger partial charge is 0.494 e. The van der Waals surface area contributed by atoms with Gasteiger partial charge < -0.3 is 20.3 Å². The Morgan fingerprint density at radius 1 is 1.22 bits per heavy atom. The van der Waals surface area contributed by atoms with Crippen LogP contribution < -0.4 is 15.4 Å². The van der Waals surface area contributed by atoms with E-state index in [1.165, 1.54) is 0 Å². The summed E-state index contributed by atoms with van der Waals surface area (Å²) in [6, 6.07) is 7.28. The van der Waals surface area contributed by atoms with Gasteiger partial charge in [0.05, 0.1) is 41.9 Å². The molecule has 0 atom stereocenters. The van der Waals surface area contributed by atoms with Crippen molar-refractivity contribution in [2.45, 2.75) is 19.4 Å². The molecule has 10 heteroatoms. The van der Waals surface area contributed by atoms with Gasteiger partial charge in [0, 0.05) is 26.1 Å². The summed E-state index contributed by atoms with van der Waals surface area (Å²) in [6.07, 6.45) is 3.41. The minimum absolute atomic E-state index is 0.0399. The third kappa shape index (κ3) is 3.53. The number of anilines is 3. The van der Waals surface area contributed by atoms with Gasteiger partial charge in [-0.2, -0.15) is 5.10 Å². The number of ether oxygens (including phenoxy) is 1. The van der Waals surface area contributed by atoms with Crippen LogP contribution in [0.25, 0.3) is 11.4 Å². The van der Waals surface area contributed by atoms with Gasteiger partial charge in [-0.3, -0.25) is 14.3 Å². The highest BCUT2D eigenvalue weighted by Crippen LogP contribution is 2.39. The summed E-state index contributed by atoms with van der Waals surface area (Å²) >= 11 is 0. The van der Waals surface area contributed by atoms with Gasteiger partial charge >= 0.3 is 0 Å². The Kier molecular flexibility index (Phi) is 4.76. The first-order chi connectivity index (χ1) is 15.4. The molecule has 10 nitrogen and oxygen atoms in total. The number of carbonyl (C=O) groups is 2. The molecular formula is C22H23N7O3.